The van der Waals surface area contributed by atoms with Crippen molar-refractivity contribution in [3.8, 4) is 0 Å². The molecule has 3 rings (SSSR count). The van der Waals surface area contributed by atoms with Gasteiger partial charge in [-0.2, -0.15) is 5.10 Å². The average Bonchev–Trinajstić information content (AvgIpc) is 2.60. The number of nitrogens with zero attached hydrogens (tertiary/aromatic N) is 4. The lowest BCUT2D eigenvalue weighted by atomic mass is 10.1. The van der Waals surface area contributed by atoms with E-state index in [0.29, 0.717) is 19.0 Å². The standard InChI is InChI=1S/C18H25N5O/c1-13(2)16-7-8-17(22-21-16)20-11-14-5-3-9-19-18(14)23-10-4-6-15(24)12-23/h3,5,7-9,13,15,24H,4,6,10-12H2,1-2H3,(H,20,22). The van der Waals surface area contributed by atoms with Crippen molar-refractivity contribution in [2.24, 2.45) is 0 Å². The third-order valence-corrected chi connectivity index (χ3v) is 4.30. The lowest BCUT2D eigenvalue weighted by Crippen LogP contribution is -2.39. The third-order valence-electron chi connectivity index (χ3n) is 4.30. The summed E-state index contributed by atoms with van der Waals surface area (Å²) in [6, 6.07) is 7.97. The van der Waals surface area contributed by atoms with Crippen LogP contribution >= 0.6 is 0 Å². The van der Waals surface area contributed by atoms with Gasteiger partial charge in [-0.1, -0.05) is 19.9 Å². The van der Waals surface area contributed by atoms with Gasteiger partial charge in [-0.25, -0.2) is 4.98 Å². The topological polar surface area (TPSA) is 74.2 Å². The molecule has 24 heavy (non-hydrogen) atoms. The maximum atomic E-state index is 9.91. The van der Waals surface area contributed by atoms with Crippen LogP contribution in [0.15, 0.2) is 30.5 Å². The number of hydrogen-bond donors (Lipinski definition) is 2. The minimum Gasteiger partial charge on any atom is -0.391 e. The Morgan fingerprint density at radius 3 is 2.88 bits per heavy atom. The van der Waals surface area contributed by atoms with Crippen molar-refractivity contribution in [2.45, 2.75) is 45.3 Å². The van der Waals surface area contributed by atoms with Gasteiger partial charge in [0.05, 0.1) is 11.8 Å². The molecule has 1 unspecified atom stereocenters. The highest BCUT2D eigenvalue weighted by atomic mass is 16.3. The monoisotopic (exact) mass is 327 g/mol. The van der Waals surface area contributed by atoms with Crippen molar-refractivity contribution in [2.75, 3.05) is 23.3 Å². The second-order valence-corrected chi connectivity index (χ2v) is 6.58. The summed E-state index contributed by atoms with van der Waals surface area (Å²) >= 11 is 0. The van der Waals surface area contributed by atoms with Crippen molar-refractivity contribution >= 4 is 11.6 Å². The molecule has 128 valence electrons. The van der Waals surface area contributed by atoms with Gasteiger partial charge >= 0.3 is 0 Å². The number of aliphatic hydroxyl groups is 1. The minimum atomic E-state index is -0.268. The zero-order chi connectivity index (χ0) is 16.9. The first-order valence-electron chi connectivity index (χ1n) is 8.58. The number of nitrogens with one attached hydrogen (secondary N) is 1. The summed E-state index contributed by atoms with van der Waals surface area (Å²) in [6.45, 7) is 6.42. The predicted octanol–water partition coefficient (Wildman–Crippen LogP) is 2.57. The third kappa shape index (κ3) is 4.00. The summed E-state index contributed by atoms with van der Waals surface area (Å²) in [7, 11) is 0. The zero-order valence-corrected chi connectivity index (χ0v) is 14.3. The van der Waals surface area contributed by atoms with Crippen LogP contribution in [0.1, 0.15) is 43.9 Å². The van der Waals surface area contributed by atoms with Crippen molar-refractivity contribution in [3.05, 3.63) is 41.7 Å². The lowest BCUT2D eigenvalue weighted by molar-refractivity contribution is 0.154. The summed E-state index contributed by atoms with van der Waals surface area (Å²) in [6.07, 6.45) is 3.40. The molecule has 1 atom stereocenters. The van der Waals surface area contributed by atoms with Crippen LogP contribution in [0.2, 0.25) is 0 Å². The number of pyridine rings is 1. The van der Waals surface area contributed by atoms with Crippen LogP contribution in [-0.2, 0) is 6.54 Å². The van der Waals surface area contributed by atoms with Gasteiger partial charge in [-0.3, -0.25) is 0 Å². The molecule has 0 bridgehead atoms. The van der Waals surface area contributed by atoms with E-state index in [4.69, 9.17) is 0 Å². The zero-order valence-electron chi connectivity index (χ0n) is 14.3. The number of anilines is 2. The molecule has 6 heteroatoms. The fourth-order valence-electron chi connectivity index (χ4n) is 2.93. The fourth-order valence-corrected chi connectivity index (χ4v) is 2.93. The molecule has 0 amide bonds. The molecule has 0 saturated carbocycles. The van der Waals surface area contributed by atoms with Gasteiger partial charge in [0.1, 0.15) is 11.6 Å². The first-order valence-corrected chi connectivity index (χ1v) is 8.58. The second-order valence-electron chi connectivity index (χ2n) is 6.58. The van der Waals surface area contributed by atoms with Gasteiger partial charge in [0.25, 0.3) is 0 Å². The van der Waals surface area contributed by atoms with Crippen LogP contribution in [0.4, 0.5) is 11.6 Å². The quantitative estimate of drug-likeness (QED) is 0.879. The Morgan fingerprint density at radius 1 is 1.29 bits per heavy atom. The molecule has 1 aliphatic heterocycles. The predicted molar refractivity (Wildman–Crippen MR) is 95.1 cm³/mol. The Morgan fingerprint density at radius 2 is 2.17 bits per heavy atom. The van der Waals surface area contributed by atoms with Crippen LogP contribution in [0.25, 0.3) is 0 Å². The largest absolute Gasteiger partial charge is 0.391 e. The summed E-state index contributed by atoms with van der Waals surface area (Å²) in [4.78, 5) is 6.69. The minimum absolute atomic E-state index is 0.268. The van der Waals surface area contributed by atoms with Gasteiger partial charge in [0, 0.05) is 31.4 Å². The molecule has 2 N–H and O–H groups in total. The Kier molecular flexibility index (Phi) is 5.25. The molecule has 1 fully saturated rings. The number of β-amino-alcohol motifs (C(OH)–C–C–N with tert-alkyl or cyclic N) is 1. The molecule has 0 spiro atoms. The molecular formula is C18H25N5O. The van der Waals surface area contributed by atoms with Gasteiger partial charge in [0.15, 0.2) is 0 Å². The summed E-state index contributed by atoms with van der Waals surface area (Å²) in [5.41, 5.74) is 2.09. The highest BCUT2D eigenvalue weighted by molar-refractivity contribution is 5.49. The number of rotatable bonds is 5. The van der Waals surface area contributed by atoms with E-state index in [0.717, 1.165) is 42.3 Å². The number of piperidine rings is 1. The molecule has 2 aromatic rings. The van der Waals surface area contributed by atoms with Crippen LogP contribution in [-0.4, -0.2) is 39.5 Å². The first-order chi connectivity index (χ1) is 11.6. The van der Waals surface area contributed by atoms with E-state index in [2.05, 4.69) is 45.3 Å². The maximum Gasteiger partial charge on any atom is 0.148 e. The Hall–Kier alpha value is -2.21. The molecule has 0 radical (unpaired) electrons. The average molecular weight is 327 g/mol. The normalized spacial score (nSPS) is 18.0. The van der Waals surface area contributed by atoms with Crippen molar-refractivity contribution in [1.82, 2.24) is 15.2 Å². The number of aromatic nitrogens is 3. The van der Waals surface area contributed by atoms with Gasteiger partial charge < -0.3 is 15.3 Å². The molecule has 0 aliphatic carbocycles. The van der Waals surface area contributed by atoms with Crippen LogP contribution in [0.3, 0.4) is 0 Å². The van der Waals surface area contributed by atoms with E-state index < -0.39 is 0 Å². The summed E-state index contributed by atoms with van der Waals surface area (Å²) in [5, 5.41) is 21.7. The van der Waals surface area contributed by atoms with E-state index in [-0.39, 0.29) is 6.10 Å². The molecule has 0 aromatic carbocycles. The van der Waals surface area contributed by atoms with E-state index in [9.17, 15) is 5.11 Å². The van der Waals surface area contributed by atoms with Crippen LogP contribution in [0, 0.1) is 0 Å². The summed E-state index contributed by atoms with van der Waals surface area (Å²) < 4.78 is 0. The van der Waals surface area contributed by atoms with E-state index in [1.54, 1.807) is 6.20 Å². The molecule has 3 heterocycles. The Labute approximate surface area is 142 Å². The second kappa shape index (κ2) is 7.57. The van der Waals surface area contributed by atoms with E-state index >= 15 is 0 Å². The number of hydrogen-bond acceptors (Lipinski definition) is 6. The van der Waals surface area contributed by atoms with Crippen molar-refractivity contribution in [1.29, 1.82) is 0 Å². The smallest absolute Gasteiger partial charge is 0.148 e. The first kappa shape index (κ1) is 16.6. The van der Waals surface area contributed by atoms with Crippen LogP contribution < -0.4 is 10.2 Å². The van der Waals surface area contributed by atoms with Gasteiger partial charge in [-0.05, 0) is 37.0 Å². The van der Waals surface area contributed by atoms with Gasteiger partial charge in [-0.15, -0.1) is 5.10 Å². The SMILES string of the molecule is CC(C)c1ccc(NCc2cccnc2N2CCCC(O)C2)nn1. The molecule has 1 aliphatic rings. The van der Waals surface area contributed by atoms with Gasteiger partial charge in [0.2, 0.25) is 0 Å². The highest BCUT2D eigenvalue weighted by Gasteiger charge is 2.20. The van der Waals surface area contributed by atoms with E-state index in [1.165, 1.54) is 0 Å². The molecule has 6 nitrogen and oxygen atoms in total. The highest BCUT2D eigenvalue weighted by Crippen LogP contribution is 2.22. The van der Waals surface area contributed by atoms with Crippen molar-refractivity contribution in [3.63, 3.8) is 0 Å². The maximum absolute atomic E-state index is 9.91. The fraction of sp³-hybridized carbons (Fsp3) is 0.500. The molecule has 2 aromatic heterocycles. The Balaban J connectivity index is 1.69. The number of aliphatic hydroxyl groups excluding tert-OH is 1. The lowest BCUT2D eigenvalue weighted by Gasteiger charge is -2.32. The molecular weight excluding hydrogens is 302 g/mol. The summed E-state index contributed by atoms with van der Waals surface area (Å²) in [5.74, 6) is 2.07. The van der Waals surface area contributed by atoms with Crippen molar-refractivity contribution < 1.29 is 5.11 Å². The Bertz CT molecular complexity index is 659. The molecule has 1 saturated heterocycles. The van der Waals surface area contributed by atoms with E-state index in [1.807, 2.05) is 18.2 Å². The van der Waals surface area contributed by atoms with Crippen LogP contribution in [0.5, 0.6) is 0 Å².